The van der Waals surface area contributed by atoms with Crippen molar-refractivity contribution in [3.63, 3.8) is 0 Å². The average Bonchev–Trinajstić information content (AvgIpc) is 2.17. The molecule has 0 bridgehead atoms. The molecule has 1 fully saturated rings. The molecule has 5 heteroatoms. The smallest absolute Gasteiger partial charge is 0.302 e. The highest BCUT2D eigenvalue weighted by Gasteiger charge is 2.21. The number of alkyl halides is 1. The second-order valence-corrected chi connectivity index (χ2v) is 6.37. The Morgan fingerprint density at radius 1 is 1.57 bits per heavy atom. The molecule has 0 aliphatic carbocycles. The molecule has 82 valence electrons. The van der Waals surface area contributed by atoms with E-state index in [4.69, 9.17) is 16.3 Å². The summed E-state index contributed by atoms with van der Waals surface area (Å²) in [5.74, 6) is 2.60. The normalized spacial score (nSPS) is 20.4. The summed E-state index contributed by atoms with van der Waals surface area (Å²) in [4.78, 5) is 10.8. The minimum absolute atomic E-state index is 0.114. The van der Waals surface area contributed by atoms with Crippen molar-refractivity contribution in [3.05, 3.63) is 0 Å². The Bertz CT molecular complexity index is 184. The molecule has 0 aromatic heterocycles. The number of hydrogen-bond donors (Lipinski definition) is 0. The van der Waals surface area contributed by atoms with Crippen LogP contribution in [0.2, 0.25) is 0 Å². The van der Waals surface area contributed by atoms with Gasteiger partial charge in [0.2, 0.25) is 0 Å². The Morgan fingerprint density at radius 3 is 2.71 bits per heavy atom. The van der Waals surface area contributed by atoms with Crippen LogP contribution in [0.25, 0.3) is 0 Å². The molecule has 2 nitrogen and oxygen atoms in total. The highest BCUT2D eigenvalue weighted by molar-refractivity contribution is 8.17. The van der Waals surface area contributed by atoms with E-state index in [0.717, 1.165) is 6.42 Å². The lowest BCUT2D eigenvalue weighted by molar-refractivity contribution is -0.145. The summed E-state index contributed by atoms with van der Waals surface area (Å²) < 4.78 is 5.65. The van der Waals surface area contributed by atoms with Gasteiger partial charge >= 0.3 is 5.97 Å². The van der Waals surface area contributed by atoms with Gasteiger partial charge < -0.3 is 4.74 Å². The van der Waals surface area contributed by atoms with E-state index in [0.29, 0.717) is 10.5 Å². The van der Waals surface area contributed by atoms with Crippen molar-refractivity contribution in [2.24, 2.45) is 0 Å². The lowest BCUT2D eigenvalue weighted by atomic mass is 10.3. The van der Waals surface area contributed by atoms with Gasteiger partial charge in [0.05, 0.1) is 10.5 Å². The third-order valence-electron chi connectivity index (χ3n) is 1.86. The first-order valence-electron chi connectivity index (χ1n) is 4.68. The Morgan fingerprint density at radius 2 is 2.21 bits per heavy atom. The minimum atomic E-state index is -0.235. The molecular formula is C9H15ClO2S2. The van der Waals surface area contributed by atoms with E-state index in [1.165, 1.54) is 24.9 Å². The van der Waals surface area contributed by atoms with Crippen molar-refractivity contribution in [3.8, 4) is 0 Å². The zero-order valence-corrected chi connectivity index (χ0v) is 10.6. The largest absolute Gasteiger partial charge is 0.461 e. The van der Waals surface area contributed by atoms with Gasteiger partial charge in [0.15, 0.2) is 0 Å². The van der Waals surface area contributed by atoms with E-state index >= 15 is 0 Å². The van der Waals surface area contributed by atoms with Gasteiger partial charge in [-0.25, -0.2) is 0 Å². The monoisotopic (exact) mass is 254 g/mol. The molecule has 1 aliphatic heterocycles. The van der Waals surface area contributed by atoms with Crippen molar-refractivity contribution >= 4 is 41.1 Å². The molecule has 1 rings (SSSR count). The summed E-state index contributed by atoms with van der Waals surface area (Å²) in [6.07, 6.45) is 2.04. The van der Waals surface area contributed by atoms with Crippen LogP contribution in [-0.4, -0.2) is 34.0 Å². The van der Waals surface area contributed by atoms with E-state index in [2.05, 4.69) is 0 Å². The van der Waals surface area contributed by atoms with Crippen LogP contribution in [0.5, 0.6) is 0 Å². The predicted molar refractivity (Wildman–Crippen MR) is 64.2 cm³/mol. The maximum absolute atomic E-state index is 10.8. The van der Waals surface area contributed by atoms with Gasteiger partial charge in [-0.1, -0.05) is 0 Å². The number of thioether (sulfide) groups is 2. The van der Waals surface area contributed by atoms with Crippen LogP contribution in [0, 0.1) is 0 Å². The van der Waals surface area contributed by atoms with Crippen LogP contribution in [0.15, 0.2) is 0 Å². The number of esters is 1. The van der Waals surface area contributed by atoms with Crippen LogP contribution in [0.4, 0.5) is 0 Å². The molecule has 0 amide bonds. The van der Waals surface area contributed by atoms with E-state index in [1.807, 2.05) is 23.5 Å². The predicted octanol–water partition coefficient (Wildman–Crippen LogP) is 2.74. The number of rotatable bonds is 4. The third-order valence-corrected chi connectivity index (χ3v) is 5.19. The number of hydrogen-bond acceptors (Lipinski definition) is 4. The fourth-order valence-electron chi connectivity index (χ4n) is 1.26. The molecule has 14 heavy (non-hydrogen) atoms. The number of halogens is 1. The Balaban J connectivity index is 2.27. The molecule has 0 spiro atoms. The Hall–Kier alpha value is 0.460. The molecule has 1 atom stereocenters. The third kappa shape index (κ3) is 4.80. The van der Waals surface area contributed by atoms with Crippen LogP contribution >= 0.6 is 35.1 Å². The van der Waals surface area contributed by atoms with E-state index in [9.17, 15) is 4.79 Å². The van der Waals surface area contributed by atoms with Crippen LogP contribution in [0.1, 0.15) is 19.8 Å². The maximum Gasteiger partial charge on any atom is 0.302 e. The lowest BCUT2D eigenvalue weighted by Gasteiger charge is -2.24. The van der Waals surface area contributed by atoms with E-state index in [-0.39, 0.29) is 12.1 Å². The Kier molecular flexibility index (Phi) is 6.13. The molecule has 0 aromatic carbocycles. The standard InChI is InChI=1S/C9H15ClO2S2/c1-7(11)12-8(6-10)5-9-13-3-2-4-14-9/h8-9H,2-6H2,1H3. The molecule has 0 N–H and O–H groups in total. The van der Waals surface area contributed by atoms with Crippen LogP contribution < -0.4 is 0 Å². The summed E-state index contributed by atoms with van der Waals surface area (Å²) in [7, 11) is 0. The molecule has 1 saturated heterocycles. The van der Waals surface area contributed by atoms with Gasteiger partial charge in [-0.05, 0) is 17.9 Å². The molecule has 0 saturated carbocycles. The second-order valence-electron chi connectivity index (χ2n) is 3.15. The topological polar surface area (TPSA) is 26.3 Å². The highest BCUT2D eigenvalue weighted by Crippen LogP contribution is 2.34. The summed E-state index contributed by atoms with van der Waals surface area (Å²) in [5.41, 5.74) is 0. The number of carbonyl (C=O) groups is 1. The average molecular weight is 255 g/mol. The van der Waals surface area contributed by atoms with Gasteiger partial charge in [0.1, 0.15) is 6.10 Å². The van der Waals surface area contributed by atoms with Gasteiger partial charge in [-0.2, -0.15) is 0 Å². The minimum Gasteiger partial charge on any atom is -0.461 e. The van der Waals surface area contributed by atoms with Gasteiger partial charge in [-0.15, -0.1) is 35.1 Å². The van der Waals surface area contributed by atoms with E-state index < -0.39 is 0 Å². The van der Waals surface area contributed by atoms with Crippen molar-refractivity contribution in [2.45, 2.75) is 30.5 Å². The summed E-state index contributed by atoms with van der Waals surface area (Å²) in [6.45, 7) is 1.43. The van der Waals surface area contributed by atoms with Crippen molar-refractivity contribution in [1.29, 1.82) is 0 Å². The second kappa shape index (κ2) is 6.85. The van der Waals surface area contributed by atoms with Gasteiger partial charge in [0.25, 0.3) is 0 Å². The van der Waals surface area contributed by atoms with E-state index in [1.54, 1.807) is 0 Å². The molecule has 1 aliphatic rings. The highest BCUT2D eigenvalue weighted by atomic mass is 35.5. The zero-order valence-electron chi connectivity index (χ0n) is 8.20. The molecule has 1 heterocycles. The maximum atomic E-state index is 10.8. The number of ether oxygens (including phenoxy) is 1. The van der Waals surface area contributed by atoms with Gasteiger partial charge in [0, 0.05) is 13.3 Å². The van der Waals surface area contributed by atoms with Crippen molar-refractivity contribution in [2.75, 3.05) is 17.4 Å². The SMILES string of the molecule is CC(=O)OC(CCl)CC1SCCCS1. The van der Waals surface area contributed by atoms with Crippen molar-refractivity contribution in [1.82, 2.24) is 0 Å². The molecule has 1 unspecified atom stereocenters. The Labute approximate surface area is 98.5 Å². The molecule has 0 radical (unpaired) electrons. The van der Waals surface area contributed by atoms with Crippen LogP contribution in [0.3, 0.4) is 0 Å². The molecular weight excluding hydrogens is 240 g/mol. The van der Waals surface area contributed by atoms with Gasteiger partial charge in [-0.3, -0.25) is 4.79 Å². The fraction of sp³-hybridized carbons (Fsp3) is 0.889. The summed E-state index contributed by atoms with van der Waals surface area (Å²) in [5, 5.41) is 0. The zero-order chi connectivity index (χ0) is 10.4. The first-order chi connectivity index (χ1) is 6.72. The summed E-state index contributed by atoms with van der Waals surface area (Å²) >= 11 is 9.63. The lowest BCUT2D eigenvalue weighted by Crippen LogP contribution is -2.23. The van der Waals surface area contributed by atoms with Crippen LogP contribution in [-0.2, 0) is 9.53 Å². The number of carbonyl (C=O) groups excluding carboxylic acids is 1. The van der Waals surface area contributed by atoms with Crippen molar-refractivity contribution < 1.29 is 9.53 Å². The fourth-order valence-corrected chi connectivity index (χ4v) is 4.45. The summed E-state index contributed by atoms with van der Waals surface area (Å²) in [6, 6.07) is 0. The quantitative estimate of drug-likeness (QED) is 0.569. The first kappa shape index (κ1) is 12.5. The first-order valence-corrected chi connectivity index (χ1v) is 7.32. The molecule has 0 aromatic rings.